The van der Waals surface area contributed by atoms with Crippen molar-refractivity contribution in [1.29, 1.82) is 0 Å². The van der Waals surface area contributed by atoms with Crippen molar-refractivity contribution in [2.45, 2.75) is 74.3 Å². The third-order valence-corrected chi connectivity index (χ3v) is 11.7. The summed E-state index contributed by atoms with van der Waals surface area (Å²) in [6, 6.07) is 28.3. The maximum absolute atomic E-state index is 14.1. The molecule has 2 aliphatic heterocycles. The minimum absolute atomic E-state index is 0.0669. The van der Waals surface area contributed by atoms with E-state index in [4.69, 9.17) is 28.4 Å². The molecule has 0 radical (unpaired) electrons. The molecule has 10 atom stereocenters. The summed E-state index contributed by atoms with van der Waals surface area (Å²) in [5.74, 6) is -1.74. The Balaban J connectivity index is 1.18. The molecule has 5 aromatic rings. The van der Waals surface area contributed by atoms with Crippen molar-refractivity contribution in [2.24, 2.45) is 0 Å². The lowest BCUT2D eigenvalue weighted by molar-refractivity contribution is -0.277. The fraction of sp³-hybridized carbons (Fsp3) is 0.320. The predicted octanol–water partition coefficient (Wildman–Crippen LogP) is 1.27. The zero-order chi connectivity index (χ0) is 48.8. The van der Waals surface area contributed by atoms with Crippen molar-refractivity contribution in [3.63, 3.8) is 0 Å². The van der Waals surface area contributed by atoms with Crippen molar-refractivity contribution < 1.29 is 88.5 Å². The van der Waals surface area contributed by atoms with Gasteiger partial charge in [-0.25, -0.2) is 0 Å². The van der Waals surface area contributed by atoms with Crippen molar-refractivity contribution >= 4 is 23.5 Å². The number of ketones is 2. The summed E-state index contributed by atoms with van der Waals surface area (Å²) >= 11 is 0. The fourth-order valence-electron chi connectivity index (χ4n) is 7.86. The van der Waals surface area contributed by atoms with Gasteiger partial charge in [-0.05, 0) is 58.7 Å². The van der Waals surface area contributed by atoms with Crippen LogP contribution in [-0.2, 0) is 41.4 Å². The molecule has 8 N–H and O–H groups in total. The molecule has 5 aromatic carbocycles. The second-order valence-corrected chi connectivity index (χ2v) is 16.2. The average molecular weight is 939 g/mol. The van der Waals surface area contributed by atoms with Crippen LogP contribution in [0.2, 0.25) is 0 Å². The second kappa shape index (κ2) is 21.7. The van der Waals surface area contributed by atoms with Gasteiger partial charge in [-0.3, -0.25) is 19.2 Å². The van der Waals surface area contributed by atoms with Gasteiger partial charge in [-0.2, -0.15) is 0 Å². The molecule has 2 fully saturated rings. The van der Waals surface area contributed by atoms with Gasteiger partial charge in [0.15, 0.2) is 11.6 Å². The Kier molecular flexibility index (Phi) is 15.8. The fourth-order valence-corrected chi connectivity index (χ4v) is 7.86. The zero-order valence-corrected chi connectivity index (χ0v) is 36.7. The molecule has 0 bridgehead atoms. The van der Waals surface area contributed by atoms with E-state index < -0.39 is 98.1 Å². The summed E-state index contributed by atoms with van der Waals surface area (Å²) in [7, 11) is 2.52. The van der Waals surface area contributed by atoms with Crippen LogP contribution in [-0.4, -0.2) is 153 Å². The van der Waals surface area contributed by atoms with Crippen LogP contribution >= 0.6 is 0 Å². The van der Waals surface area contributed by atoms with E-state index in [2.05, 4.69) is 0 Å². The number of rotatable bonds is 16. The third-order valence-electron chi connectivity index (χ3n) is 11.7. The van der Waals surface area contributed by atoms with E-state index in [0.717, 1.165) is 0 Å². The molecule has 18 heteroatoms. The molecule has 0 amide bonds. The quantitative estimate of drug-likeness (QED) is 0.0511. The highest BCUT2D eigenvalue weighted by Crippen LogP contribution is 2.37. The standard InChI is InChI=1S/C50H50O18/c1-63-39(53)19-25-5-3-7-29(17-25)33-21-31(13-15-35(33)65-49-47(61)45(59)43(57)37(23-51)67-49)41(55)27-9-11-28(12-10-27)42(56)32-14-16-36(66-50-48(62)46(60)44(58)38(24-52)68-50)34(22-32)30-8-4-6-26(18-30)20-40(54)64-2/h3-18,21-22,37-38,43-52,57-62H,19-20,23-24H2,1-2H3. The molecule has 2 heterocycles. The monoisotopic (exact) mass is 938 g/mol. The van der Waals surface area contributed by atoms with E-state index in [1.807, 2.05) is 0 Å². The smallest absolute Gasteiger partial charge is 0.309 e. The van der Waals surface area contributed by atoms with E-state index in [9.17, 15) is 60.0 Å². The number of hydrogen-bond acceptors (Lipinski definition) is 18. The maximum atomic E-state index is 14.1. The number of benzene rings is 5. The molecule has 18 nitrogen and oxygen atoms in total. The lowest BCUT2D eigenvalue weighted by atomic mass is 9.94. The molecule has 0 spiro atoms. The first-order valence-corrected chi connectivity index (χ1v) is 21.4. The molecular weight excluding hydrogens is 889 g/mol. The number of esters is 2. The van der Waals surface area contributed by atoms with E-state index in [1.165, 1.54) is 74.9 Å². The molecule has 2 aliphatic rings. The van der Waals surface area contributed by atoms with Crippen molar-refractivity contribution in [3.05, 3.63) is 143 Å². The second-order valence-electron chi connectivity index (χ2n) is 16.2. The normalized spacial score (nSPS) is 24.7. The van der Waals surface area contributed by atoms with Crippen LogP contribution < -0.4 is 9.47 Å². The number of aliphatic hydroxyl groups excluding tert-OH is 8. The molecule has 10 unspecified atom stereocenters. The van der Waals surface area contributed by atoms with E-state index in [0.29, 0.717) is 33.4 Å². The van der Waals surface area contributed by atoms with Crippen molar-refractivity contribution in [1.82, 2.24) is 0 Å². The molecule has 2 saturated heterocycles. The van der Waals surface area contributed by atoms with Crippen LogP contribution in [0.3, 0.4) is 0 Å². The predicted molar refractivity (Wildman–Crippen MR) is 237 cm³/mol. The van der Waals surface area contributed by atoms with Crippen LogP contribution in [0.25, 0.3) is 22.3 Å². The van der Waals surface area contributed by atoms with Crippen LogP contribution in [0.15, 0.2) is 109 Å². The summed E-state index contributed by atoms with van der Waals surface area (Å²) in [6.45, 7) is -1.37. The Morgan fingerprint density at radius 2 is 0.838 bits per heavy atom. The van der Waals surface area contributed by atoms with Crippen molar-refractivity contribution in [3.8, 4) is 33.8 Å². The first kappa shape index (κ1) is 49.5. The Morgan fingerprint density at radius 1 is 0.471 bits per heavy atom. The van der Waals surface area contributed by atoms with Crippen molar-refractivity contribution in [2.75, 3.05) is 27.4 Å². The van der Waals surface area contributed by atoms with Gasteiger partial charge < -0.3 is 69.3 Å². The Bertz CT molecular complexity index is 2430. The van der Waals surface area contributed by atoms with Gasteiger partial charge >= 0.3 is 11.9 Å². The Hall–Kier alpha value is -6.42. The number of hydrogen-bond donors (Lipinski definition) is 8. The zero-order valence-electron chi connectivity index (χ0n) is 36.7. The topological polar surface area (TPSA) is 285 Å². The molecule has 0 aliphatic carbocycles. The van der Waals surface area contributed by atoms with Crippen LogP contribution in [0.1, 0.15) is 43.0 Å². The van der Waals surface area contributed by atoms with E-state index in [-0.39, 0.29) is 46.6 Å². The molecule has 358 valence electrons. The van der Waals surface area contributed by atoms with E-state index >= 15 is 0 Å². The molecule has 0 aromatic heterocycles. The lowest BCUT2D eigenvalue weighted by Gasteiger charge is -2.39. The first-order valence-electron chi connectivity index (χ1n) is 21.4. The molecule has 7 rings (SSSR count). The van der Waals surface area contributed by atoms with Gasteiger partial charge in [0, 0.05) is 33.4 Å². The SMILES string of the molecule is COC(=O)Cc1cccc(-c2cc(C(=O)c3ccc(C(=O)c4ccc(OC5OC(CO)C(O)C(O)C5O)c(-c5cccc(CC(=O)OC)c5)c4)cc3)ccc2OC2OC(CO)C(O)C(O)C2O)c1. The highest BCUT2D eigenvalue weighted by atomic mass is 16.7. The summed E-state index contributed by atoms with van der Waals surface area (Å²) in [6.07, 6.45) is -15.9. The van der Waals surface area contributed by atoms with Crippen LogP contribution in [0.4, 0.5) is 0 Å². The lowest BCUT2D eigenvalue weighted by Crippen LogP contribution is -2.60. The van der Waals surface area contributed by atoms with Gasteiger partial charge in [0.25, 0.3) is 0 Å². The van der Waals surface area contributed by atoms with Gasteiger partial charge in [0.1, 0.15) is 60.3 Å². The number of carbonyl (C=O) groups excluding carboxylic acids is 4. The summed E-state index contributed by atoms with van der Waals surface area (Å²) in [4.78, 5) is 52.5. The summed E-state index contributed by atoms with van der Waals surface area (Å²) in [5, 5.41) is 82.4. The Morgan fingerprint density at radius 3 is 1.19 bits per heavy atom. The first-order chi connectivity index (χ1) is 32.6. The molecular formula is C50H50O18. The van der Waals surface area contributed by atoms with Crippen LogP contribution in [0, 0.1) is 0 Å². The number of carbonyl (C=O) groups is 4. The highest BCUT2D eigenvalue weighted by Gasteiger charge is 2.46. The van der Waals surface area contributed by atoms with Gasteiger partial charge in [0.05, 0.1) is 40.3 Å². The largest absolute Gasteiger partial charge is 0.469 e. The Labute approximate surface area is 389 Å². The van der Waals surface area contributed by atoms with Gasteiger partial charge in [-0.15, -0.1) is 0 Å². The summed E-state index contributed by atoms with van der Waals surface area (Å²) < 4.78 is 32.9. The number of aliphatic hydroxyl groups is 8. The molecule has 68 heavy (non-hydrogen) atoms. The minimum Gasteiger partial charge on any atom is -0.469 e. The highest BCUT2D eigenvalue weighted by molar-refractivity contribution is 6.12. The van der Waals surface area contributed by atoms with Gasteiger partial charge in [-0.1, -0.05) is 72.8 Å². The number of methoxy groups -OCH3 is 2. The summed E-state index contributed by atoms with van der Waals surface area (Å²) in [5.41, 5.74) is 3.48. The minimum atomic E-state index is -1.73. The maximum Gasteiger partial charge on any atom is 0.309 e. The third kappa shape index (κ3) is 10.8. The average Bonchev–Trinajstić information content (AvgIpc) is 3.36. The van der Waals surface area contributed by atoms with E-state index in [1.54, 1.807) is 48.5 Å². The van der Waals surface area contributed by atoms with Crippen LogP contribution in [0.5, 0.6) is 11.5 Å². The molecule has 0 saturated carbocycles. The number of ether oxygens (including phenoxy) is 6. The van der Waals surface area contributed by atoms with Gasteiger partial charge in [0.2, 0.25) is 12.6 Å².